The van der Waals surface area contributed by atoms with Crippen molar-refractivity contribution in [2.24, 2.45) is 0 Å². The first-order valence-electron chi connectivity index (χ1n) is 9.66. The van der Waals surface area contributed by atoms with E-state index in [4.69, 9.17) is 0 Å². The van der Waals surface area contributed by atoms with E-state index < -0.39 is 18.6 Å². The zero-order valence-electron chi connectivity index (χ0n) is 15.9. The number of amides is 1. The Kier molecular flexibility index (Phi) is 6.56. The zero-order chi connectivity index (χ0) is 20.9. The third kappa shape index (κ3) is 6.07. The Morgan fingerprint density at radius 1 is 0.897 bits per heavy atom. The van der Waals surface area contributed by atoms with Crippen LogP contribution in [0.4, 0.5) is 24.5 Å². The molecule has 154 valence electrons. The Morgan fingerprint density at radius 2 is 1.59 bits per heavy atom. The minimum absolute atomic E-state index is 0.0382. The number of anilines is 2. The number of para-hydroxylation sites is 2. The van der Waals surface area contributed by atoms with Crippen molar-refractivity contribution in [2.45, 2.75) is 44.7 Å². The van der Waals surface area contributed by atoms with Gasteiger partial charge >= 0.3 is 6.18 Å². The first-order valence-corrected chi connectivity index (χ1v) is 9.66. The predicted octanol–water partition coefficient (Wildman–Crippen LogP) is 5.14. The lowest BCUT2D eigenvalue weighted by Gasteiger charge is -2.16. The molecule has 2 aromatic carbocycles. The van der Waals surface area contributed by atoms with Gasteiger partial charge in [0.15, 0.2) is 5.78 Å². The van der Waals surface area contributed by atoms with Crippen LogP contribution in [0.1, 0.15) is 47.2 Å². The summed E-state index contributed by atoms with van der Waals surface area (Å²) in [5, 5.41) is 4.85. The average molecular weight is 404 g/mol. The number of fused-ring (bicyclic) bond motifs is 1. The zero-order valence-corrected chi connectivity index (χ0v) is 15.9. The third-order valence-corrected chi connectivity index (χ3v) is 4.93. The first kappa shape index (κ1) is 20.9. The summed E-state index contributed by atoms with van der Waals surface area (Å²) in [6, 6.07) is 11.9. The fourth-order valence-corrected chi connectivity index (χ4v) is 3.43. The Balaban J connectivity index is 1.56. The number of ketones is 1. The molecular weight excluding hydrogens is 381 g/mol. The summed E-state index contributed by atoms with van der Waals surface area (Å²) >= 11 is 0. The van der Waals surface area contributed by atoms with Gasteiger partial charge in [0.1, 0.15) is 6.54 Å². The highest BCUT2D eigenvalue weighted by Gasteiger charge is 2.27. The third-order valence-electron chi connectivity index (χ3n) is 4.93. The molecule has 0 heterocycles. The molecule has 2 aromatic rings. The van der Waals surface area contributed by atoms with E-state index in [0.717, 1.165) is 19.3 Å². The Hall–Kier alpha value is -2.83. The van der Waals surface area contributed by atoms with Crippen molar-refractivity contribution in [3.63, 3.8) is 0 Å². The highest BCUT2D eigenvalue weighted by molar-refractivity contribution is 6.01. The summed E-state index contributed by atoms with van der Waals surface area (Å²) in [4.78, 5) is 24.7. The quantitative estimate of drug-likeness (QED) is 0.628. The van der Waals surface area contributed by atoms with Crippen LogP contribution in [-0.2, 0) is 17.6 Å². The highest BCUT2D eigenvalue weighted by atomic mass is 19.4. The highest BCUT2D eigenvalue weighted by Crippen LogP contribution is 2.25. The predicted molar refractivity (Wildman–Crippen MR) is 106 cm³/mol. The molecule has 1 aliphatic carbocycles. The maximum Gasteiger partial charge on any atom is 0.405 e. The summed E-state index contributed by atoms with van der Waals surface area (Å²) in [7, 11) is 0. The van der Waals surface area contributed by atoms with E-state index in [1.54, 1.807) is 18.2 Å². The van der Waals surface area contributed by atoms with E-state index in [1.165, 1.54) is 29.7 Å². The summed E-state index contributed by atoms with van der Waals surface area (Å²) in [5.41, 5.74) is 3.53. The molecule has 3 rings (SSSR count). The number of nitrogens with one attached hydrogen (secondary N) is 2. The number of carbonyl (C=O) groups excluding carboxylic acids is 2. The van der Waals surface area contributed by atoms with Crippen LogP contribution in [0.2, 0.25) is 0 Å². The van der Waals surface area contributed by atoms with E-state index in [2.05, 4.69) is 10.6 Å². The van der Waals surface area contributed by atoms with E-state index in [-0.39, 0.29) is 30.0 Å². The molecule has 0 spiro atoms. The lowest BCUT2D eigenvalue weighted by Crippen LogP contribution is -2.22. The molecule has 4 nitrogen and oxygen atoms in total. The molecule has 0 aromatic heterocycles. The first-order chi connectivity index (χ1) is 13.8. The van der Waals surface area contributed by atoms with E-state index >= 15 is 0 Å². The minimum Gasteiger partial charge on any atom is -0.375 e. The lowest BCUT2D eigenvalue weighted by atomic mass is 9.89. The molecule has 0 saturated carbocycles. The van der Waals surface area contributed by atoms with Crippen LogP contribution in [-0.4, -0.2) is 24.4 Å². The van der Waals surface area contributed by atoms with Gasteiger partial charge in [-0.1, -0.05) is 24.3 Å². The normalized spacial score (nSPS) is 13.5. The molecule has 0 bridgehead atoms. The number of rotatable bonds is 7. The topological polar surface area (TPSA) is 58.2 Å². The van der Waals surface area contributed by atoms with Crippen LogP contribution in [0.15, 0.2) is 42.5 Å². The minimum atomic E-state index is -4.36. The van der Waals surface area contributed by atoms with Crippen LogP contribution in [0, 0.1) is 0 Å². The molecule has 0 radical (unpaired) electrons. The average Bonchev–Trinajstić information content (AvgIpc) is 2.70. The lowest BCUT2D eigenvalue weighted by molar-refractivity contribution is -0.116. The maximum atomic E-state index is 12.4. The van der Waals surface area contributed by atoms with Gasteiger partial charge in [-0.3, -0.25) is 9.59 Å². The Bertz CT molecular complexity index is 894. The van der Waals surface area contributed by atoms with Crippen molar-refractivity contribution in [2.75, 3.05) is 17.2 Å². The van der Waals surface area contributed by atoms with Crippen LogP contribution in [0.5, 0.6) is 0 Å². The SMILES string of the molecule is O=C(CCC(=O)c1ccc2c(c1)CCCC2)Nc1ccccc1NCC(F)(F)F. The van der Waals surface area contributed by atoms with Gasteiger partial charge in [0.05, 0.1) is 11.4 Å². The van der Waals surface area contributed by atoms with E-state index in [1.807, 2.05) is 12.1 Å². The van der Waals surface area contributed by atoms with Crippen molar-refractivity contribution in [1.29, 1.82) is 0 Å². The van der Waals surface area contributed by atoms with Gasteiger partial charge < -0.3 is 10.6 Å². The van der Waals surface area contributed by atoms with Crippen molar-refractivity contribution in [3.8, 4) is 0 Å². The van der Waals surface area contributed by atoms with Crippen molar-refractivity contribution in [3.05, 3.63) is 59.2 Å². The van der Waals surface area contributed by atoms with E-state index in [9.17, 15) is 22.8 Å². The molecule has 0 saturated heterocycles. The maximum absolute atomic E-state index is 12.4. The van der Waals surface area contributed by atoms with Gasteiger partial charge in [-0.2, -0.15) is 13.2 Å². The molecule has 0 aliphatic heterocycles. The summed E-state index contributed by atoms with van der Waals surface area (Å²) in [5.74, 6) is -0.533. The van der Waals surface area contributed by atoms with Crippen LogP contribution < -0.4 is 10.6 Å². The Morgan fingerprint density at radius 3 is 2.31 bits per heavy atom. The van der Waals surface area contributed by atoms with Gasteiger partial charge in [0.25, 0.3) is 0 Å². The standard InChI is InChI=1S/C22H23F3N2O2/c23-22(24,25)14-26-18-7-3-4-8-19(18)27-21(29)12-11-20(28)17-10-9-15-5-1-2-6-16(15)13-17/h3-4,7-10,13,26H,1-2,5-6,11-12,14H2,(H,27,29). The molecule has 0 fully saturated rings. The second kappa shape index (κ2) is 9.11. The molecular formula is C22H23F3N2O2. The van der Waals surface area contributed by atoms with Gasteiger partial charge in [-0.05, 0) is 55.0 Å². The smallest absolute Gasteiger partial charge is 0.375 e. The van der Waals surface area contributed by atoms with Crippen LogP contribution >= 0.6 is 0 Å². The van der Waals surface area contributed by atoms with Crippen LogP contribution in [0.3, 0.4) is 0 Å². The van der Waals surface area contributed by atoms with E-state index in [0.29, 0.717) is 5.56 Å². The number of halogens is 3. The molecule has 0 unspecified atom stereocenters. The second-order valence-electron chi connectivity index (χ2n) is 7.18. The Labute approximate surface area is 167 Å². The monoisotopic (exact) mass is 404 g/mol. The number of aryl methyl sites for hydroxylation is 2. The van der Waals surface area contributed by atoms with Gasteiger partial charge in [0.2, 0.25) is 5.91 Å². The molecule has 7 heteroatoms. The number of benzene rings is 2. The number of Topliss-reactive ketones (excluding diaryl/α,β-unsaturated/α-hetero) is 1. The van der Waals surface area contributed by atoms with Crippen LogP contribution in [0.25, 0.3) is 0 Å². The number of hydrogen-bond acceptors (Lipinski definition) is 3. The number of carbonyl (C=O) groups is 2. The summed E-state index contributed by atoms with van der Waals surface area (Å²) in [6.07, 6.45) is -0.0635. The molecule has 1 amide bonds. The number of alkyl halides is 3. The summed E-state index contributed by atoms with van der Waals surface area (Å²) in [6.45, 7) is -1.20. The fraction of sp³-hybridized carbons (Fsp3) is 0.364. The molecule has 1 aliphatic rings. The largest absolute Gasteiger partial charge is 0.405 e. The van der Waals surface area contributed by atoms with Gasteiger partial charge in [0, 0.05) is 18.4 Å². The van der Waals surface area contributed by atoms with Gasteiger partial charge in [-0.25, -0.2) is 0 Å². The van der Waals surface area contributed by atoms with Crippen molar-refractivity contribution < 1.29 is 22.8 Å². The molecule has 0 atom stereocenters. The van der Waals surface area contributed by atoms with Crippen molar-refractivity contribution >= 4 is 23.1 Å². The fourth-order valence-electron chi connectivity index (χ4n) is 3.43. The second-order valence-corrected chi connectivity index (χ2v) is 7.18. The molecule has 29 heavy (non-hydrogen) atoms. The molecule has 2 N–H and O–H groups in total. The summed E-state index contributed by atoms with van der Waals surface area (Å²) < 4.78 is 37.3. The number of hydrogen-bond donors (Lipinski definition) is 2. The van der Waals surface area contributed by atoms with Crippen molar-refractivity contribution in [1.82, 2.24) is 0 Å². The van der Waals surface area contributed by atoms with Gasteiger partial charge in [-0.15, -0.1) is 0 Å².